The van der Waals surface area contributed by atoms with E-state index in [4.69, 9.17) is 13.3 Å². The minimum absolute atomic E-state index is 0.102. The van der Waals surface area contributed by atoms with Crippen molar-refractivity contribution in [1.29, 1.82) is 0 Å². The third-order valence-corrected chi connectivity index (χ3v) is 6.15. The second-order valence-corrected chi connectivity index (χ2v) is 7.38. The normalized spacial score (nSPS) is 17.3. The Hall–Kier alpha value is -0.523. The van der Waals surface area contributed by atoms with Crippen molar-refractivity contribution in [1.82, 2.24) is 0 Å². The van der Waals surface area contributed by atoms with Crippen LogP contribution >= 0.6 is 0 Å². The molecule has 0 radical (unpaired) electrons. The molecule has 5 nitrogen and oxygen atoms in total. The van der Waals surface area contributed by atoms with E-state index in [1.165, 1.54) is 0 Å². The Morgan fingerprint density at radius 1 is 1.16 bits per heavy atom. The maximum Gasteiger partial charge on any atom is 0.501 e. The molecular formula is C13H27NO4Si. The molecule has 0 aromatic rings. The number of hydrogen-bond acceptors (Lipinski definition) is 5. The summed E-state index contributed by atoms with van der Waals surface area (Å²) in [5.41, 5.74) is 0. The first-order valence-corrected chi connectivity index (χ1v) is 8.91. The van der Waals surface area contributed by atoms with Gasteiger partial charge in [-0.2, -0.15) is 0 Å². The highest BCUT2D eigenvalue weighted by Crippen LogP contribution is 2.22. The minimum Gasteiger partial charge on any atom is -0.377 e. The largest absolute Gasteiger partial charge is 0.501 e. The molecule has 2 atom stereocenters. The summed E-state index contributed by atoms with van der Waals surface area (Å²) in [5.74, 6) is 0. The monoisotopic (exact) mass is 289 g/mol. The van der Waals surface area contributed by atoms with Crippen molar-refractivity contribution in [3.63, 3.8) is 0 Å². The van der Waals surface area contributed by atoms with E-state index in [0.29, 0.717) is 19.0 Å². The van der Waals surface area contributed by atoms with Crippen molar-refractivity contribution in [3.8, 4) is 0 Å². The Kier molecular flexibility index (Phi) is 10.0. The Balaban J connectivity index is 4.67. The highest BCUT2D eigenvalue weighted by Gasteiger charge is 2.42. The quantitative estimate of drug-likeness (QED) is 0.254. The predicted octanol–water partition coefficient (Wildman–Crippen LogP) is 2.93. The summed E-state index contributed by atoms with van der Waals surface area (Å²) < 4.78 is 17.7. The van der Waals surface area contributed by atoms with Crippen LogP contribution in [0.4, 0.5) is 0 Å². The average molecular weight is 289 g/mol. The van der Waals surface area contributed by atoms with Crippen LogP contribution in [0.15, 0.2) is 4.99 Å². The van der Waals surface area contributed by atoms with Crippen molar-refractivity contribution in [3.05, 3.63) is 0 Å². The van der Waals surface area contributed by atoms with E-state index in [2.05, 4.69) is 18.8 Å². The molecule has 0 aliphatic heterocycles. The predicted molar refractivity (Wildman–Crippen MR) is 76.9 cm³/mol. The summed E-state index contributed by atoms with van der Waals surface area (Å²) in [4.78, 5) is 13.6. The molecule has 0 aromatic heterocycles. The summed E-state index contributed by atoms with van der Waals surface area (Å²) in [6, 6.07) is 0.670. The molecule has 112 valence electrons. The van der Waals surface area contributed by atoms with Gasteiger partial charge in [0.2, 0.25) is 6.08 Å². The molecular weight excluding hydrogens is 262 g/mol. The molecule has 2 unspecified atom stereocenters. The fourth-order valence-corrected chi connectivity index (χ4v) is 4.38. The Bertz CT molecular complexity index is 270. The average Bonchev–Trinajstić information content (AvgIpc) is 2.42. The molecule has 0 spiro atoms. The number of carbonyl (C=O) groups excluding carboxylic acids is 1. The molecule has 0 aliphatic rings. The molecule has 0 saturated heterocycles. The lowest BCUT2D eigenvalue weighted by Crippen LogP contribution is -2.49. The molecule has 0 aliphatic carbocycles. The molecule has 0 saturated carbocycles. The van der Waals surface area contributed by atoms with Gasteiger partial charge in [0.15, 0.2) is 0 Å². The molecule has 0 heterocycles. The molecule has 0 rings (SSSR count). The van der Waals surface area contributed by atoms with Crippen molar-refractivity contribution >= 4 is 14.9 Å². The zero-order valence-corrected chi connectivity index (χ0v) is 13.8. The van der Waals surface area contributed by atoms with Gasteiger partial charge in [-0.05, 0) is 33.1 Å². The highest BCUT2D eigenvalue weighted by molar-refractivity contribution is 6.60. The van der Waals surface area contributed by atoms with Crippen LogP contribution in [0.3, 0.4) is 0 Å². The summed E-state index contributed by atoms with van der Waals surface area (Å²) in [5, 5.41) is 0. The van der Waals surface area contributed by atoms with Gasteiger partial charge >= 0.3 is 8.80 Å². The van der Waals surface area contributed by atoms with Gasteiger partial charge in [0.05, 0.1) is 6.54 Å². The summed E-state index contributed by atoms with van der Waals surface area (Å²) in [6.45, 7) is 8.61. The number of aliphatic imine (C=N–C) groups is 1. The van der Waals surface area contributed by atoms with E-state index < -0.39 is 8.80 Å². The van der Waals surface area contributed by atoms with Crippen molar-refractivity contribution < 1.29 is 18.1 Å². The van der Waals surface area contributed by atoms with Crippen molar-refractivity contribution in [2.75, 3.05) is 13.7 Å². The fraction of sp³-hybridized carbons (Fsp3) is 0.923. The Morgan fingerprint density at radius 2 is 1.68 bits per heavy atom. The first-order valence-electron chi connectivity index (χ1n) is 6.97. The maximum absolute atomic E-state index is 10.1. The van der Waals surface area contributed by atoms with Gasteiger partial charge in [-0.25, -0.2) is 9.79 Å². The van der Waals surface area contributed by atoms with E-state index in [9.17, 15) is 4.79 Å². The number of rotatable bonds is 11. The van der Waals surface area contributed by atoms with Crippen molar-refractivity contribution in [2.24, 2.45) is 4.99 Å². The van der Waals surface area contributed by atoms with Crippen LogP contribution in [0.25, 0.3) is 0 Å². The van der Waals surface area contributed by atoms with Gasteiger partial charge in [0, 0.05) is 25.4 Å². The highest BCUT2D eigenvalue weighted by atomic mass is 28.4. The van der Waals surface area contributed by atoms with Crippen LogP contribution in [-0.2, 0) is 18.1 Å². The summed E-state index contributed by atoms with van der Waals surface area (Å²) in [7, 11) is -1.04. The van der Waals surface area contributed by atoms with Gasteiger partial charge in [-0.3, -0.25) is 0 Å². The third kappa shape index (κ3) is 7.60. The molecule has 0 amide bonds. The lowest BCUT2D eigenvalue weighted by atomic mass is 10.3. The van der Waals surface area contributed by atoms with Crippen LogP contribution in [0, 0.1) is 0 Å². The molecule has 0 N–H and O–H groups in total. The zero-order valence-electron chi connectivity index (χ0n) is 12.8. The lowest BCUT2D eigenvalue weighted by Gasteiger charge is -2.33. The standard InChI is InChI=1S/C13H27NO4Si/c1-6-12(3)17-19(16-5,18-13(4)7-2)10-8-9-14-11-15/h12-13H,6-10H2,1-5H3. The minimum atomic E-state index is -2.68. The SMILES string of the molecule is CCC(C)O[Si](CCCN=C=O)(OC)OC(C)CC. The second-order valence-electron chi connectivity index (χ2n) is 4.64. The first kappa shape index (κ1) is 18.5. The lowest BCUT2D eigenvalue weighted by molar-refractivity contribution is 0.0205. The fourth-order valence-electron chi connectivity index (χ4n) is 1.54. The Morgan fingerprint density at radius 3 is 2.05 bits per heavy atom. The van der Waals surface area contributed by atoms with Crippen LogP contribution < -0.4 is 0 Å². The topological polar surface area (TPSA) is 57.1 Å². The van der Waals surface area contributed by atoms with E-state index in [1.54, 1.807) is 13.2 Å². The van der Waals surface area contributed by atoms with Crippen LogP contribution in [-0.4, -0.2) is 40.7 Å². The first-order chi connectivity index (χ1) is 9.03. The van der Waals surface area contributed by atoms with Crippen molar-refractivity contribution in [2.45, 2.75) is 65.2 Å². The van der Waals surface area contributed by atoms with Gasteiger partial charge in [0.1, 0.15) is 0 Å². The zero-order chi connectivity index (χ0) is 14.7. The third-order valence-electron chi connectivity index (χ3n) is 3.04. The van der Waals surface area contributed by atoms with E-state index >= 15 is 0 Å². The number of hydrogen-bond donors (Lipinski definition) is 0. The summed E-state index contributed by atoms with van der Waals surface area (Å²) >= 11 is 0. The maximum atomic E-state index is 10.1. The van der Waals surface area contributed by atoms with Crippen LogP contribution in [0.5, 0.6) is 0 Å². The van der Waals surface area contributed by atoms with E-state index in [-0.39, 0.29) is 12.2 Å². The molecule has 19 heavy (non-hydrogen) atoms. The van der Waals surface area contributed by atoms with E-state index in [0.717, 1.165) is 12.8 Å². The molecule has 6 heteroatoms. The number of isocyanates is 1. The number of nitrogens with zero attached hydrogens (tertiary/aromatic N) is 1. The smallest absolute Gasteiger partial charge is 0.377 e. The van der Waals surface area contributed by atoms with Gasteiger partial charge in [-0.1, -0.05) is 13.8 Å². The van der Waals surface area contributed by atoms with Gasteiger partial charge in [-0.15, -0.1) is 0 Å². The van der Waals surface area contributed by atoms with Crippen LogP contribution in [0.1, 0.15) is 47.0 Å². The second kappa shape index (κ2) is 10.3. The van der Waals surface area contributed by atoms with Gasteiger partial charge in [0.25, 0.3) is 0 Å². The molecule has 0 fully saturated rings. The summed E-state index contributed by atoms with van der Waals surface area (Å²) in [6.07, 6.45) is 4.28. The Labute approximate surface area is 117 Å². The molecule has 0 bridgehead atoms. The van der Waals surface area contributed by atoms with Crippen LogP contribution in [0.2, 0.25) is 6.04 Å². The molecule has 0 aromatic carbocycles. The van der Waals surface area contributed by atoms with Gasteiger partial charge < -0.3 is 13.3 Å². The van der Waals surface area contributed by atoms with E-state index in [1.807, 2.05) is 13.8 Å².